The van der Waals surface area contributed by atoms with Crippen LogP contribution < -0.4 is 10.6 Å². The van der Waals surface area contributed by atoms with E-state index >= 15 is 0 Å². The number of aryl methyl sites for hydroxylation is 1. The Kier molecular flexibility index (Phi) is 6.75. The van der Waals surface area contributed by atoms with Crippen LogP contribution in [0.3, 0.4) is 0 Å². The number of nitrogens with zero attached hydrogens (tertiary/aromatic N) is 2. The van der Waals surface area contributed by atoms with Gasteiger partial charge in [-0.2, -0.15) is 5.26 Å². The van der Waals surface area contributed by atoms with Crippen molar-refractivity contribution in [3.05, 3.63) is 64.7 Å². The van der Waals surface area contributed by atoms with Gasteiger partial charge in [0.25, 0.3) is 5.91 Å². The first kappa shape index (κ1) is 21.9. The first-order valence-electron chi connectivity index (χ1n) is 11.5. The maximum Gasteiger partial charge on any atom is 0.319 e. The van der Waals surface area contributed by atoms with E-state index in [9.17, 15) is 9.59 Å². The molecule has 3 amide bonds. The molecule has 0 bridgehead atoms. The fourth-order valence-corrected chi connectivity index (χ4v) is 4.77. The van der Waals surface area contributed by atoms with Crippen LogP contribution >= 0.6 is 0 Å². The summed E-state index contributed by atoms with van der Waals surface area (Å²) in [4.78, 5) is 27.4. The summed E-state index contributed by atoms with van der Waals surface area (Å²) in [7, 11) is 0. The second-order valence-electron chi connectivity index (χ2n) is 8.91. The number of anilines is 1. The average Bonchev–Trinajstić information content (AvgIpc) is 3.33. The minimum Gasteiger partial charge on any atom is -0.339 e. The molecule has 6 nitrogen and oxygen atoms in total. The van der Waals surface area contributed by atoms with Crippen LogP contribution in [-0.4, -0.2) is 36.0 Å². The van der Waals surface area contributed by atoms with Crippen LogP contribution in [0.1, 0.15) is 71.5 Å². The molecule has 4 rings (SSSR count). The van der Waals surface area contributed by atoms with Crippen molar-refractivity contribution in [3.63, 3.8) is 0 Å². The van der Waals surface area contributed by atoms with Crippen molar-refractivity contribution in [1.29, 1.82) is 5.26 Å². The summed E-state index contributed by atoms with van der Waals surface area (Å²) in [5.74, 6) is 0.417. The molecule has 1 aliphatic heterocycles. The van der Waals surface area contributed by atoms with E-state index < -0.39 is 0 Å². The molecule has 1 aliphatic carbocycles. The Morgan fingerprint density at radius 2 is 1.69 bits per heavy atom. The molecule has 0 aromatic heterocycles. The van der Waals surface area contributed by atoms with Crippen LogP contribution in [0.4, 0.5) is 10.5 Å². The molecule has 6 heteroatoms. The predicted octanol–water partition coefficient (Wildman–Crippen LogP) is 4.95. The second kappa shape index (κ2) is 9.86. The Labute approximate surface area is 189 Å². The van der Waals surface area contributed by atoms with Crippen molar-refractivity contribution in [2.75, 3.05) is 18.4 Å². The third kappa shape index (κ3) is 5.11. The van der Waals surface area contributed by atoms with E-state index in [1.54, 1.807) is 6.07 Å². The van der Waals surface area contributed by atoms with Gasteiger partial charge in [0.1, 0.15) is 0 Å². The fraction of sp³-hybridized carbons (Fsp3) is 0.423. The van der Waals surface area contributed by atoms with E-state index in [0.29, 0.717) is 35.8 Å². The number of carbonyl (C=O) groups excluding carboxylic acids is 2. The zero-order valence-electron chi connectivity index (χ0n) is 18.6. The molecule has 0 atom stereocenters. The summed E-state index contributed by atoms with van der Waals surface area (Å²) in [5.41, 5.74) is 4.09. The zero-order chi connectivity index (χ0) is 22.5. The number of piperidine rings is 1. The second-order valence-corrected chi connectivity index (χ2v) is 8.91. The number of hydrogen-bond acceptors (Lipinski definition) is 3. The Balaban J connectivity index is 1.37. The van der Waals surface area contributed by atoms with Gasteiger partial charge in [-0.05, 0) is 73.9 Å². The molecule has 0 unspecified atom stereocenters. The normalized spacial score (nSPS) is 17.1. The van der Waals surface area contributed by atoms with E-state index in [4.69, 9.17) is 5.26 Å². The molecule has 2 aromatic rings. The van der Waals surface area contributed by atoms with Gasteiger partial charge in [-0.1, -0.05) is 31.0 Å². The van der Waals surface area contributed by atoms with Gasteiger partial charge in [0, 0.05) is 30.4 Å². The quantitative estimate of drug-likeness (QED) is 0.720. The average molecular weight is 431 g/mol. The summed E-state index contributed by atoms with van der Waals surface area (Å²) < 4.78 is 0. The van der Waals surface area contributed by atoms with Crippen molar-refractivity contribution in [2.24, 2.45) is 0 Å². The minimum absolute atomic E-state index is 0.0145. The van der Waals surface area contributed by atoms with E-state index in [1.807, 2.05) is 48.2 Å². The van der Waals surface area contributed by atoms with Crippen LogP contribution in [0.2, 0.25) is 0 Å². The number of nitriles is 1. The maximum atomic E-state index is 13.2. The first-order chi connectivity index (χ1) is 15.5. The van der Waals surface area contributed by atoms with E-state index in [2.05, 4.69) is 16.7 Å². The molecule has 1 heterocycles. The van der Waals surface area contributed by atoms with Crippen LogP contribution in [0.15, 0.2) is 42.5 Å². The Morgan fingerprint density at radius 1 is 1.00 bits per heavy atom. The number of likely N-dealkylation sites (tertiary alicyclic amines) is 1. The van der Waals surface area contributed by atoms with Crippen molar-refractivity contribution >= 4 is 17.6 Å². The molecule has 2 aromatic carbocycles. The van der Waals surface area contributed by atoms with Gasteiger partial charge in [0.05, 0.1) is 11.6 Å². The Morgan fingerprint density at radius 3 is 2.34 bits per heavy atom. The van der Waals surface area contributed by atoms with Crippen LogP contribution in [-0.2, 0) is 0 Å². The number of nitrogens with one attached hydrogen (secondary N) is 2. The van der Waals surface area contributed by atoms with E-state index in [0.717, 1.165) is 44.1 Å². The number of rotatable bonds is 4. The highest BCUT2D eigenvalue weighted by Gasteiger charge is 2.26. The maximum absolute atomic E-state index is 13.2. The van der Waals surface area contributed by atoms with Gasteiger partial charge in [0.15, 0.2) is 0 Å². The molecular weight excluding hydrogens is 400 g/mol. The lowest BCUT2D eigenvalue weighted by atomic mass is 9.88. The van der Waals surface area contributed by atoms with Crippen LogP contribution in [0, 0.1) is 18.3 Å². The lowest BCUT2D eigenvalue weighted by molar-refractivity contribution is 0.0712. The molecule has 1 saturated heterocycles. The molecule has 0 spiro atoms. The largest absolute Gasteiger partial charge is 0.339 e. The number of carbonyl (C=O) groups is 2. The molecule has 0 radical (unpaired) electrons. The van der Waals surface area contributed by atoms with Crippen molar-refractivity contribution < 1.29 is 9.59 Å². The fourth-order valence-electron chi connectivity index (χ4n) is 4.77. The number of urea groups is 1. The summed E-state index contributed by atoms with van der Waals surface area (Å²) in [6.07, 6.45) is 6.19. The van der Waals surface area contributed by atoms with E-state index in [1.165, 1.54) is 5.56 Å². The van der Waals surface area contributed by atoms with Crippen LogP contribution in [0.5, 0.6) is 0 Å². The van der Waals surface area contributed by atoms with Gasteiger partial charge in [0.2, 0.25) is 0 Å². The molecule has 32 heavy (non-hydrogen) atoms. The van der Waals surface area contributed by atoms with Crippen molar-refractivity contribution in [1.82, 2.24) is 10.2 Å². The molecule has 2 fully saturated rings. The SMILES string of the molecule is Cc1ccc(NC(=O)NC2CCCC2)cc1C(=O)N1CCC(c2ccc(C#N)cc2)CC1. The zero-order valence-corrected chi connectivity index (χ0v) is 18.6. The first-order valence-corrected chi connectivity index (χ1v) is 11.5. The monoisotopic (exact) mass is 430 g/mol. The van der Waals surface area contributed by atoms with Gasteiger partial charge in [-0.3, -0.25) is 4.79 Å². The van der Waals surface area contributed by atoms with E-state index in [-0.39, 0.29) is 18.0 Å². The number of benzene rings is 2. The standard InChI is InChI=1S/C26H30N4O2/c1-18-6-11-23(29-26(32)28-22-4-2-3-5-22)16-24(18)25(31)30-14-12-21(13-15-30)20-9-7-19(17-27)8-10-20/h6-11,16,21-22H,2-5,12-15H2,1H3,(H2,28,29,32). The molecular formula is C26H30N4O2. The summed E-state index contributed by atoms with van der Waals surface area (Å²) in [5, 5.41) is 14.9. The summed E-state index contributed by atoms with van der Waals surface area (Å²) in [6, 6.07) is 15.5. The molecule has 166 valence electrons. The van der Waals surface area contributed by atoms with Gasteiger partial charge >= 0.3 is 6.03 Å². The summed E-state index contributed by atoms with van der Waals surface area (Å²) in [6.45, 7) is 3.32. The van der Waals surface area contributed by atoms with Gasteiger partial charge in [-0.25, -0.2) is 4.79 Å². The van der Waals surface area contributed by atoms with Gasteiger partial charge in [-0.15, -0.1) is 0 Å². The summed E-state index contributed by atoms with van der Waals surface area (Å²) >= 11 is 0. The highest BCUT2D eigenvalue weighted by atomic mass is 16.2. The van der Waals surface area contributed by atoms with Crippen molar-refractivity contribution in [2.45, 2.75) is 57.4 Å². The highest BCUT2D eigenvalue weighted by Crippen LogP contribution is 2.29. The van der Waals surface area contributed by atoms with Crippen LogP contribution in [0.25, 0.3) is 0 Å². The lowest BCUT2D eigenvalue weighted by Crippen LogP contribution is -2.38. The lowest BCUT2D eigenvalue weighted by Gasteiger charge is -2.32. The number of hydrogen-bond donors (Lipinski definition) is 2. The third-order valence-corrected chi connectivity index (χ3v) is 6.71. The van der Waals surface area contributed by atoms with Crippen molar-refractivity contribution in [3.8, 4) is 6.07 Å². The highest BCUT2D eigenvalue weighted by molar-refractivity contribution is 5.98. The molecule has 1 saturated carbocycles. The predicted molar refractivity (Wildman–Crippen MR) is 125 cm³/mol. The molecule has 2 aliphatic rings. The minimum atomic E-state index is -0.206. The topological polar surface area (TPSA) is 85.2 Å². The molecule has 2 N–H and O–H groups in total. The Hall–Kier alpha value is -3.33. The number of amides is 3. The van der Waals surface area contributed by atoms with Gasteiger partial charge < -0.3 is 15.5 Å². The third-order valence-electron chi connectivity index (χ3n) is 6.71. The Bertz CT molecular complexity index is 1010. The smallest absolute Gasteiger partial charge is 0.319 e.